The molecular weight excluding hydrogens is 400 g/mol. The van der Waals surface area contributed by atoms with Crippen LogP contribution in [0, 0.1) is 0 Å². The maximum absolute atomic E-state index is 12.3. The third kappa shape index (κ3) is 4.39. The van der Waals surface area contributed by atoms with Crippen LogP contribution < -0.4 is 5.32 Å². The lowest BCUT2D eigenvalue weighted by Gasteiger charge is -2.17. The standard InChI is InChI=1S/C22H28N4O3S/c1-22(2)19(27)25(20(28)24-22)11-7-13-30-21-23-14-18(16-8-4-3-5-9-16)26(21)15-17-10-6-12-29-17/h3-5,8-9,14,17H,6-7,10-13,15H2,1-2H3,(H,24,28)/t17-/m0/s1. The summed E-state index contributed by atoms with van der Waals surface area (Å²) in [5.41, 5.74) is 1.41. The Morgan fingerprint density at radius 2 is 2.07 bits per heavy atom. The molecule has 0 saturated carbocycles. The molecular formula is C22H28N4O3S. The van der Waals surface area contributed by atoms with Crippen LogP contribution in [0.15, 0.2) is 41.7 Å². The van der Waals surface area contributed by atoms with Gasteiger partial charge in [0.15, 0.2) is 5.16 Å². The zero-order valence-electron chi connectivity index (χ0n) is 17.5. The van der Waals surface area contributed by atoms with Gasteiger partial charge in [0.05, 0.1) is 24.5 Å². The number of amides is 3. The summed E-state index contributed by atoms with van der Waals surface area (Å²) in [6.07, 6.45) is 5.03. The van der Waals surface area contributed by atoms with Crippen molar-refractivity contribution in [1.29, 1.82) is 0 Å². The average molecular weight is 429 g/mol. The van der Waals surface area contributed by atoms with Gasteiger partial charge in [-0.3, -0.25) is 9.69 Å². The largest absolute Gasteiger partial charge is 0.376 e. The molecule has 2 fully saturated rings. The van der Waals surface area contributed by atoms with Crippen LogP contribution in [0.1, 0.15) is 33.1 Å². The maximum Gasteiger partial charge on any atom is 0.325 e. The van der Waals surface area contributed by atoms with Gasteiger partial charge in [-0.1, -0.05) is 42.1 Å². The molecule has 0 spiro atoms. The topological polar surface area (TPSA) is 76.5 Å². The van der Waals surface area contributed by atoms with Gasteiger partial charge in [-0.15, -0.1) is 0 Å². The second-order valence-corrected chi connectivity index (χ2v) is 9.31. The predicted molar refractivity (Wildman–Crippen MR) is 116 cm³/mol. The van der Waals surface area contributed by atoms with E-state index in [2.05, 4.69) is 27.0 Å². The number of carbonyl (C=O) groups is 2. The van der Waals surface area contributed by atoms with Crippen LogP contribution in [0.3, 0.4) is 0 Å². The Morgan fingerprint density at radius 3 is 2.73 bits per heavy atom. The quantitative estimate of drug-likeness (QED) is 0.395. The van der Waals surface area contributed by atoms with Gasteiger partial charge in [-0.2, -0.15) is 0 Å². The van der Waals surface area contributed by atoms with E-state index in [1.165, 1.54) is 4.90 Å². The first kappa shape index (κ1) is 20.9. The van der Waals surface area contributed by atoms with Crippen molar-refractivity contribution >= 4 is 23.7 Å². The predicted octanol–water partition coefficient (Wildman–Crippen LogP) is 3.54. The van der Waals surface area contributed by atoms with Crippen molar-refractivity contribution in [2.45, 2.75) is 56.5 Å². The SMILES string of the molecule is CC1(C)NC(=O)N(CCCSc2ncc(-c3ccccc3)n2C[C@@H]2CCCO2)C1=O. The van der Waals surface area contributed by atoms with E-state index in [0.29, 0.717) is 13.0 Å². The van der Waals surface area contributed by atoms with Crippen LogP contribution >= 0.6 is 11.8 Å². The molecule has 1 aromatic heterocycles. The van der Waals surface area contributed by atoms with Crippen molar-refractivity contribution in [3.8, 4) is 11.3 Å². The molecule has 1 atom stereocenters. The molecule has 8 heteroatoms. The van der Waals surface area contributed by atoms with Gasteiger partial charge in [0.2, 0.25) is 0 Å². The number of nitrogens with zero attached hydrogens (tertiary/aromatic N) is 3. The summed E-state index contributed by atoms with van der Waals surface area (Å²) in [7, 11) is 0. The van der Waals surface area contributed by atoms with Crippen LogP contribution in [0.4, 0.5) is 4.79 Å². The number of urea groups is 1. The van der Waals surface area contributed by atoms with Crippen molar-refractivity contribution in [2.75, 3.05) is 18.9 Å². The fourth-order valence-electron chi connectivity index (χ4n) is 3.89. The lowest BCUT2D eigenvalue weighted by molar-refractivity contribution is -0.130. The van der Waals surface area contributed by atoms with Gasteiger partial charge < -0.3 is 14.6 Å². The minimum absolute atomic E-state index is 0.163. The Hall–Kier alpha value is -2.32. The van der Waals surface area contributed by atoms with Gasteiger partial charge >= 0.3 is 6.03 Å². The minimum Gasteiger partial charge on any atom is -0.376 e. The second-order valence-electron chi connectivity index (χ2n) is 8.25. The van der Waals surface area contributed by atoms with Gasteiger partial charge in [-0.05, 0) is 38.7 Å². The van der Waals surface area contributed by atoms with Crippen LogP contribution in [0.2, 0.25) is 0 Å². The molecule has 7 nitrogen and oxygen atoms in total. The summed E-state index contributed by atoms with van der Waals surface area (Å²) in [4.78, 5) is 30.3. The molecule has 2 aromatic rings. The number of hydrogen-bond donors (Lipinski definition) is 1. The molecule has 160 valence electrons. The average Bonchev–Trinajstić information content (AvgIpc) is 3.42. The summed E-state index contributed by atoms with van der Waals surface area (Å²) in [6, 6.07) is 9.96. The van der Waals surface area contributed by atoms with E-state index < -0.39 is 5.54 Å². The van der Waals surface area contributed by atoms with Gasteiger partial charge in [0.25, 0.3) is 5.91 Å². The van der Waals surface area contributed by atoms with E-state index in [9.17, 15) is 9.59 Å². The highest BCUT2D eigenvalue weighted by Gasteiger charge is 2.43. The Kier molecular flexibility index (Phi) is 6.15. The molecule has 0 bridgehead atoms. The van der Waals surface area contributed by atoms with E-state index in [-0.39, 0.29) is 18.0 Å². The molecule has 4 rings (SSSR count). The molecule has 1 aromatic carbocycles. The van der Waals surface area contributed by atoms with Crippen LogP contribution in [-0.4, -0.2) is 56.9 Å². The summed E-state index contributed by atoms with van der Waals surface area (Å²) in [5.74, 6) is 0.609. The molecule has 2 aliphatic heterocycles. The highest BCUT2D eigenvalue weighted by molar-refractivity contribution is 7.99. The van der Waals surface area contributed by atoms with E-state index >= 15 is 0 Å². The number of aromatic nitrogens is 2. The number of imide groups is 1. The summed E-state index contributed by atoms with van der Waals surface area (Å²) in [5, 5.41) is 3.67. The first-order valence-electron chi connectivity index (χ1n) is 10.4. The number of benzene rings is 1. The van der Waals surface area contributed by atoms with Crippen LogP contribution in [-0.2, 0) is 16.1 Å². The van der Waals surface area contributed by atoms with E-state index in [0.717, 1.165) is 48.2 Å². The Bertz CT molecular complexity index is 906. The zero-order valence-corrected chi connectivity index (χ0v) is 18.3. The second kappa shape index (κ2) is 8.81. The molecule has 30 heavy (non-hydrogen) atoms. The fraction of sp³-hybridized carbons (Fsp3) is 0.500. The lowest BCUT2D eigenvalue weighted by Crippen LogP contribution is -2.40. The van der Waals surface area contributed by atoms with E-state index in [1.54, 1.807) is 25.6 Å². The molecule has 3 heterocycles. The number of rotatable bonds is 8. The molecule has 0 radical (unpaired) electrons. The monoisotopic (exact) mass is 428 g/mol. The van der Waals surface area contributed by atoms with E-state index in [4.69, 9.17) is 4.74 Å². The maximum atomic E-state index is 12.3. The summed E-state index contributed by atoms with van der Waals surface area (Å²) < 4.78 is 8.10. The number of carbonyl (C=O) groups excluding carboxylic acids is 2. The van der Waals surface area contributed by atoms with Gasteiger partial charge in [-0.25, -0.2) is 9.78 Å². The molecule has 3 amide bonds. The lowest BCUT2D eigenvalue weighted by atomic mass is 10.1. The third-order valence-electron chi connectivity index (χ3n) is 5.50. The number of hydrogen-bond acceptors (Lipinski definition) is 5. The first-order valence-corrected chi connectivity index (χ1v) is 11.4. The Labute approximate surface area is 181 Å². The Morgan fingerprint density at radius 1 is 1.27 bits per heavy atom. The highest BCUT2D eigenvalue weighted by atomic mass is 32.2. The number of ether oxygens (including phenoxy) is 1. The van der Waals surface area contributed by atoms with Crippen LogP contribution in [0.25, 0.3) is 11.3 Å². The fourth-order valence-corrected chi connectivity index (χ4v) is 4.80. The smallest absolute Gasteiger partial charge is 0.325 e. The first-order chi connectivity index (χ1) is 14.5. The van der Waals surface area contributed by atoms with Crippen LogP contribution in [0.5, 0.6) is 0 Å². The van der Waals surface area contributed by atoms with Crippen molar-refractivity contribution in [3.63, 3.8) is 0 Å². The molecule has 2 aliphatic rings. The van der Waals surface area contributed by atoms with Gasteiger partial charge in [0, 0.05) is 18.9 Å². The summed E-state index contributed by atoms with van der Waals surface area (Å²) in [6.45, 7) is 5.49. The Balaban J connectivity index is 1.41. The number of thioether (sulfide) groups is 1. The highest BCUT2D eigenvalue weighted by Crippen LogP contribution is 2.29. The molecule has 2 saturated heterocycles. The van der Waals surface area contributed by atoms with Crippen molar-refractivity contribution in [3.05, 3.63) is 36.5 Å². The van der Waals surface area contributed by atoms with Gasteiger partial charge in [0.1, 0.15) is 5.54 Å². The van der Waals surface area contributed by atoms with Crippen molar-refractivity contribution in [2.24, 2.45) is 0 Å². The van der Waals surface area contributed by atoms with Crippen molar-refractivity contribution in [1.82, 2.24) is 19.8 Å². The number of imidazole rings is 1. The van der Waals surface area contributed by atoms with E-state index in [1.807, 2.05) is 24.4 Å². The number of nitrogens with one attached hydrogen (secondary N) is 1. The minimum atomic E-state index is -0.813. The zero-order chi connectivity index (χ0) is 21.1. The molecule has 0 aliphatic carbocycles. The van der Waals surface area contributed by atoms with Crippen molar-refractivity contribution < 1.29 is 14.3 Å². The normalized spacial score (nSPS) is 20.7. The third-order valence-corrected chi connectivity index (χ3v) is 6.58. The molecule has 1 N–H and O–H groups in total. The molecule has 0 unspecified atom stereocenters. The summed E-state index contributed by atoms with van der Waals surface area (Å²) >= 11 is 1.66.